The van der Waals surface area contributed by atoms with Crippen LogP contribution in [0.4, 0.5) is 45.5 Å². The van der Waals surface area contributed by atoms with Crippen LogP contribution in [0.15, 0.2) is 152 Å². The Kier molecular flexibility index (Phi) is 9.68. The Labute approximate surface area is 459 Å². The molecule has 0 spiro atoms. The molecule has 77 heavy (non-hydrogen) atoms. The van der Waals surface area contributed by atoms with Gasteiger partial charge in [0.1, 0.15) is 0 Å². The zero-order chi connectivity index (χ0) is 52.9. The van der Waals surface area contributed by atoms with Crippen molar-refractivity contribution in [3.05, 3.63) is 196 Å². The van der Waals surface area contributed by atoms with Crippen molar-refractivity contribution >= 4 is 68.6 Å². The number of benzene rings is 8. The molecule has 2 unspecified atom stereocenters. The summed E-state index contributed by atoms with van der Waals surface area (Å²) in [5.74, 6) is 0. The highest BCUT2D eigenvalue weighted by Gasteiger charge is 2.58. The number of nitrogens with zero attached hydrogens (tertiary/aromatic N) is 3. The zero-order valence-electron chi connectivity index (χ0n) is 47.5. The number of rotatable bonds is 4. The Hall–Kier alpha value is -6.78. The molecular formula is C73H74BN3. The van der Waals surface area contributed by atoms with Gasteiger partial charge in [0, 0.05) is 50.9 Å². The van der Waals surface area contributed by atoms with E-state index >= 15 is 0 Å². The number of hydrogen-bond acceptors (Lipinski definition) is 3. The maximum Gasteiger partial charge on any atom is 0.252 e. The highest BCUT2D eigenvalue weighted by atomic mass is 15.3. The Bertz CT molecular complexity index is 3860. The van der Waals surface area contributed by atoms with Crippen LogP contribution in [-0.2, 0) is 33.5 Å². The highest BCUT2D eigenvalue weighted by molar-refractivity contribution is 7.00. The Morgan fingerprint density at radius 3 is 1.81 bits per heavy atom. The third-order valence-electron chi connectivity index (χ3n) is 21.4. The Morgan fingerprint density at radius 2 is 1.03 bits per heavy atom. The fraction of sp³-hybridized carbons (Fsp3) is 0.342. The van der Waals surface area contributed by atoms with E-state index in [0.717, 1.165) is 25.7 Å². The van der Waals surface area contributed by atoms with Crippen molar-refractivity contribution in [3.8, 4) is 22.3 Å². The number of anilines is 8. The Balaban J connectivity index is 1.09. The van der Waals surface area contributed by atoms with E-state index in [1.54, 1.807) is 0 Å². The maximum absolute atomic E-state index is 2.84. The van der Waals surface area contributed by atoms with Crippen LogP contribution in [0.25, 0.3) is 22.3 Å². The van der Waals surface area contributed by atoms with Gasteiger partial charge >= 0.3 is 0 Å². The second kappa shape index (κ2) is 15.7. The van der Waals surface area contributed by atoms with Crippen molar-refractivity contribution in [2.75, 3.05) is 14.7 Å². The molecule has 15 rings (SSSR count). The second-order valence-electron chi connectivity index (χ2n) is 27.8. The first-order chi connectivity index (χ1) is 36.8. The van der Waals surface area contributed by atoms with Crippen LogP contribution in [0.2, 0.25) is 0 Å². The summed E-state index contributed by atoms with van der Waals surface area (Å²) in [4.78, 5) is 8.35. The molecule has 8 aromatic carbocycles. The second-order valence-corrected chi connectivity index (χ2v) is 27.8. The SMILES string of the molecule is Cc1cc2c(cc1N1c3cc(-c4ccccc4)ccc3B3c4cc5c(cc4N(c4ccc6c(c4)Cc4ccccc4-6)c4cc(N6c7ccccc7C7(C)CCCCC67C)cc1c43)C(C)(C)CC5(C)C)C(C)(C)CCC2(C)C. The minimum absolute atomic E-state index is 0.00205. The van der Waals surface area contributed by atoms with Crippen molar-refractivity contribution in [2.45, 2.75) is 160 Å². The van der Waals surface area contributed by atoms with Crippen LogP contribution in [0, 0.1) is 6.92 Å². The lowest BCUT2D eigenvalue weighted by atomic mass is 9.33. The monoisotopic (exact) mass is 1000 g/mol. The van der Waals surface area contributed by atoms with E-state index in [9.17, 15) is 0 Å². The largest absolute Gasteiger partial charge is 0.334 e. The molecule has 0 saturated heterocycles. The van der Waals surface area contributed by atoms with Crippen molar-refractivity contribution in [2.24, 2.45) is 0 Å². The van der Waals surface area contributed by atoms with Crippen LogP contribution >= 0.6 is 0 Å². The lowest BCUT2D eigenvalue weighted by Gasteiger charge is -2.51. The third-order valence-corrected chi connectivity index (χ3v) is 21.4. The molecule has 0 aromatic heterocycles. The predicted octanol–water partition coefficient (Wildman–Crippen LogP) is 17.4. The molecule has 4 aliphatic carbocycles. The average Bonchev–Trinajstić information content (AvgIpc) is 4.20. The van der Waals surface area contributed by atoms with Gasteiger partial charge < -0.3 is 14.7 Å². The Morgan fingerprint density at radius 1 is 0.403 bits per heavy atom. The fourth-order valence-corrected chi connectivity index (χ4v) is 17.2. The molecule has 384 valence electrons. The number of aryl methyl sites for hydroxylation is 1. The molecule has 8 aromatic rings. The van der Waals surface area contributed by atoms with Gasteiger partial charge in [0.05, 0.1) is 5.54 Å². The smallest absolute Gasteiger partial charge is 0.252 e. The zero-order valence-corrected chi connectivity index (χ0v) is 47.5. The van der Waals surface area contributed by atoms with E-state index < -0.39 is 0 Å². The summed E-state index contributed by atoms with van der Waals surface area (Å²) in [7, 11) is 0. The van der Waals surface area contributed by atoms with Crippen molar-refractivity contribution < 1.29 is 0 Å². The van der Waals surface area contributed by atoms with Crippen LogP contribution < -0.4 is 31.1 Å². The van der Waals surface area contributed by atoms with Gasteiger partial charge in [0.25, 0.3) is 6.71 Å². The normalized spacial score (nSPS) is 22.7. The minimum Gasteiger partial charge on any atom is -0.334 e. The molecule has 1 fully saturated rings. The summed E-state index contributed by atoms with van der Waals surface area (Å²) >= 11 is 0. The number of fused-ring (bicyclic) bond motifs is 12. The molecular weight excluding hydrogens is 930 g/mol. The van der Waals surface area contributed by atoms with Gasteiger partial charge in [-0.3, -0.25) is 0 Å². The van der Waals surface area contributed by atoms with Gasteiger partial charge in [-0.15, -0.1) is 0 Å². The predicted molar refractivity (Wildman–Crippen MR) is 328 cm³/mol. The summed E-state index contributed by atoms with van der Waals surface area (Å²) in [6, 6.07) is 60.6. The van der Waals surface area contributed by atoms with Gasteiger partial charge in [0.2, 0.25) is 0 Å². The molecule has 2 atom stereocenters. The van der Waals surface area contributed by atoms with Gasteiger partial charge in [-0.05, 0) is 206 Å². The lowest BCUT2D eigenvalue weighted by molar-refractivity contribution is 0.195. The maximum atomic E-state index is 2.84. The summed E-state index contributed by atoms with van der Waals surface area (Å²) in [5.41, 5.74) is 31.5. The molecule has 0 amide bonds. The van der Waals surface area contributed by atoms with Gasteiger partial charge in [-0.1, -0.05) is 178 Å². The number of para-hydroxylation sites is 1. The lowest BCUT2D eigenvalue weighted by Crippen LogP contribution is -2.62. The first-order valence-corrected chi connectivity index (χ1v) is 29.2. The van der Waals surface area contributed by atoms with Crippen LogP contribution in [-0.4, -0.2) is 12.3 Å². The van der Waals surface area contributed by atoms with E-state index in [2.05, 4.69) is 243 Å². The highest BCUT2D eigenvalue weighted by Crippen LogP contribution is 2.62. The molecule has 0 radical (unpaired) electrons. The third kappa shape index (κ3) is 6.45. The van der Waals surface area contributed by atoms with Gasteiger partial charge in [0.15, 0.2) is 0 Å². The first kappa shape index (κ1) is 47.4. The van der Waals surface area contributed by atoms with E-state index in [0.29, 0.717) is 0 Å². The summed E-state index contributed by atoms with van der Waals surface area (Å²) in [5, 5.41) is 0. The summed E-state index contributed by atoms with van der Waals surface area (Å²) in [6.45, 7) is 27.5. The molecule has 3 aliphatic heterocycles. The fourth-order valence-electron chi connectivity index (χ4n) is 17.2. The number of hydrogen-bond donors (Lipinski definition) is 0. The topological polar surface area (TPSA) is 9.72 Å². The van der Waals surface area contributed by atoms with Crippen molar-refractivity contribution in [1.82, 2.24) is 0 Å². The standard InChI is InChI=1S/C73H74BN3/c1-45-35-55-57(69(4,5)34-33-68(55,2)3)42-62(45)76-63-38-47(46-21-13-12-14-22-46)27-30-59(63)74-60-41-56-58(71(8,9)44-70(56,6)7)43-64(60)75(50-28-29-53-49(37-50)36-48-23-15-16-24-52(48)53)65-39-51(40-66(76)67(65)74)77-61-26-18-17-25-54(61)72(10)31-19-20-32-73(72,77)11/h12-18,21-30,35,37-43H,19-20,31-34,36,44H2,1-11H3. The van der Waals surface area contributed by atoms with Crippen molar-refractivity contribution in [1.29, 1.82) is 0 Å². The molecule has 1 saturated carbocycles. The van der Waals surface area contributed by atoms with Gasteiger partial charge in [-0.25, -0.2) is 0 Å². The van der Waals surface area contributed by atoms with E-state index in [1.165, 1.54) is 154 Å². The molecule has 4 heteroatoms. The molecule has 3 nitrogen and oxygen atoms in total. The first-order valence-electron chi connectivity index (χ1n) is 29.2. The summed E-state index contributed by atoms with van der Waals surface area (Å²) < 4.78 is 0. The molecule has 3 heterocycles. The van der Waals surface area contributed by atoms with E-state index in [-0.39, 0.29) is 39.3 Å². The van der Waals surface area contributed by atoms with Crippen LogP contribution in [0.3, 0.4) is 0 Å². The molecule has 7 aliphatic rings. The quantitative estimate of drug-likeness (QED) is 0.163. The van der Waals surface area contributed by atoms with E-state index in [4.69, 9.17) is 0 Å². The summed E-state index contributed by atoms with van der Waals surface area (Å²) in [6.07, 6.45) is 9.23. The molecule has 0 bridgehead atoms. The van der Waals surface area contributed by atoms with Crippen LogP contribution in [0.5, 0.6) is 0 Å². The minimum atomic E-state index is -0.127. The van der Waals surface area contributed by atoms with Crippen LogP contribution in [0.1, 0.15) is 159 Å². The van der Waals surface area contributed by atoms with Gasteiger partial charge in [-0.2, -0.15) is 0 Å². The molecule has 0 N–H and O–H groups in total. The van der Waals surface area contributed by atoms with Crippen molar-refractivity contribution in [3.63, 3.8) is 0 Å². The average molecular weight is 1000 g/mol. The van der Waals surface area contributed by atoms with E-state index in [1.807, 2.05) is 0 Å².